The van der Waals surface area contributed by atoms with Gasteiger partial charge in [0.2, 0.25) is 0 Å². The van der Waals surface area contributed by atoms with Crippen LogP contribution in [0.3, 0.4) is 0 Å². The van der Waals surface area contributed by atoms with Crippen molar-refractivity contribution in [2.24, 2.45) is 7.05 Å². The molecule has 0 unspecified atom stereocenters. The Hall–Kier alpha value is -4.19. The predicted molar refractivity (Wildman–Crippen MR) is 122 cm³/mol. The van der Waals surface area contributed by atoms with Crippen molar-refractivity contribution < 1.29 is 4.74 Å². The van der Waals surface area contributed by atoms with E-state index in [0.29, 0.717) is 6.61 Å². The van der Waals surface area contributed by atoms with Crippen molar-refractivity contribution in [1.82, 2.24) is 19.5 Å². The van der Waals surface area contributed by atoms with Crippen LogP contribution in [0.4, 0.5) is 11.5 Å². The fraction of sp³-hybridized carbons (Fsp3) is 0.0800. The molecule has 0 aliphatic rings. The monoisotopic (exact) mass is 407 g/mol. The van der Waals surface area contributed by atoms with Crippen LogP contribution in [0.15, 0.2) is 91.5 Å². The lowest BCUT2D eigenvalue weighted by Crippen LogP contribution is -1.98. The first kappa shape index (κ1) is 18.8. The molecule has 0 spiro atoms. The van der Waals surface area contributed by atoms with Gasteiger partial charge in [-0.05, 0) is 48.0 Å². The van der Waals surface area contributed by atoms with Gasteiger partial charge in [0.05, 0.1) is 5.52 Å². The van der Waals surface area contributed by atoms with E-state index in [1.165, 1.54) is 0 Å². The number of imidazole rings is 1. The zero-order chi connectivity index (χ0) is 21.0. The van der Waals surface area contributed by atoms with Crippen molar-refractivity contribution in [1.29, 1.82) is 0 Å². The van der Waals surface area contributed by atoms with Gasteiger partial charge in [-0.25, -0.2) is 15.0 Å². The van der Waals surface area contributed by atoms with Gasteiger partial charge >= 0.3 is 0 Å². The first-order valence-electron chi connectivity index (χ1n) is 10.0. The van der Waals surface area contributed by atoms with Gasteiger partial charge in [0.15, 0.2) is 0 Å². The van der Waals surface area contributed by atoms with Gasteiger partial charge < -0.3 is 14.6 Å². The Morgan fingerprint density at radius 2 is 1.74 bits per heavy atom. The highest BCUT2D eigenvalue weighted by atomic mass is 16.5. The van der Waals surface area contributed by atoms with Gasteiger partial charge in [-0.2, -0.15) is 0 Å². The number of nitrogens with zero attached hydrogens (tertiary/aromatic N) is 4. The molecule has 0 aliphatic heterocycles. The molecule has 0 bridgehead atoms. The Labute approximate surface area is 180 Å². The first-order valence-corrected chi connectivity index (χ1v) is 10.0. The number of rotatable bonds is 6. The Morgan fingerprint density at radius 1 is 0.903 bits per heavy atom. The molecule has 152 valence electrons. The van der Waals surface area contributed by atoms with E-state index in [4.69, 9.17) is 4.74 Å². The van der Waals surface area contributed by atoms with Gasteiger partial charge in [-0.3, -0.25) is 0 Å². The van der Waals surface area contributed by atoms with Crippen molar-refractivity contribution in [3.63, 3.8) is 0 Å². The lowest BCUT2D eigenvalue weighted by molar-refractivity contribution is 0.306. The molecule has 3 aromatic carbocycles. The highest BCUT2D eigenvalue weighted by Gasteiger charge is 2.09. The number of hydrogen-bond donors (Lipinski definition) is 1. The van der Waals surface area contributed by atoms with Crippen LogP contribution >= 0.6 is 0 Å². The van der Waals surface area contributed by atoms with Crippen molar-refractivity contribution in [2.45, 2.75) is 6.61 Å². The fourth-order valence-electron chi connectivity index (χ4n) is 3.45. The maximum Gasteiger partial charge on any atom is 0.141 e. The molecule has 6 nitrogen and oxygen atoms in total. The molecule has 5 rings (SSSR count). The summed E-state index contributed by atoms with van der Waals surface area (Å²) in [5.74, 6) is 2.47. The Morgan fingerprint density at radius 3 is 2.52 bits per heavy atom. The van der Waals surface area contributed by atoms with E-state index in [1.54, 1.807) is 12.5 Å². The summed E-state index contributed by atoms with van der Waals surface area (Å²) in [6, 6.07) is 24.1. The third-order valence-corrected chi connectivity index (χ3v) is 5.08. The van der Waals surface area contributed by atoms with E-state index in [9.17, 15) is 0 Å². The molecule has 0 saturated carbocycles. The topological polar surface area (TPSA) is 64.9 Å². The summed E-state index contributed by atoms with van der Waals surface area (Å²) in [6.07, 6.45) is 5.30. The molecule has 2 heterocycles. The summed E-state index contributed by atoms with van der Waals surface area (Å²) in [5, 5.41) is 4.34. The number of aryl methyl sites for hydroxylation is 1. The standard InChI is InChI=1S/C25H21N5O/c1-30-14-13-26-25(30)19-7-12-23-22(15-19)24(28-17-27-23)29-20-8-10-21(11-9-20)31-16-18-5-3-2-4-6-18/h2-15,17H,16H2,1H3,(H,27,28,29). The molecule has 6 heteroatoms. The van der Waals surface area contributed by atoms with E-state index in [1.807, 2.05) is 72.4 Å². The summed E-state index contributed by atoms with van der Waals surface area (Å²) < 4.78 is 7.87. The number of anilines is 2. The predicted octanol–water partition coefficient (Wildman–Crippen LogP) is 5.35. The van der Waals surface area contributed by atoms with Crippen LogP contribution in [0.1, 0.15) is 5.56 Å². The van der Waals surface area contributed by atoms with Crippen LogP contribution in [-0.4, -0.2) is 19.5 Å². The van der Waals surface area contributed by atoms with Crippen LogP contribution < -0.4 is 10.1 Å². The molecule has 0 amide bonds. The maximum absolute atomic E-state index is 5.87. The van der Waals surface area contributed by atoms with E-state index in [-0.39, 0.29) is 0 Å². The Balaban J connectivity index is 1.36. The quantitative estimate of drug-likeness (QED) is 0.411. The molecule has 5 aromatic rings. The van der Waals surface area contributed by atoms with E-state index >= 15 is 0 Å². The minimum atomic E-state index is 0.542. The highest BCUT2D eigenvalue weighted by Crippen LogP contribution is 2.28. The van der Waals surface area contributed by atoms with Crippen LogP contribution in [0.5, 0.6) is 5.75 Å². The molecule has 31 heavy (non-hydrogen) atoms. The van der Waals surface area contributed by atoms with E-state index < -0.39 is 0 Å². The molecule has 0 radical (unpaired) electrons. The van der Waals surface area contributed by atoms with Crippen molar-refractivity contribution in [2.75, 3.05) is 5.32 Å². The highest BCUT2D eigenvalue weighted by molar-refractivity contribution is 5.93. The largest absolute Gasteiger partial charge is 0.489 e. The van der Waals surface area contributed by atoms with E-state index in [0.717, 1.165) is 45.1 Å². The van der Waals surface area contributed by atoms with Crippen LogP contribution in [0, 0.1) is 0 Å². The smallest absolute Gasteiger partial charge is 0.141 e. The van der Waals surface area contributed by atoms with Crippen LogP contribution in [0.2, 0.25) is 0 Å². The molecular formula is C25H21N5O. The number of fused-ring (bicyclic) bond motifs is 1. The Bertz CT molecular complexity index is 1310. The second kappa shape index (κ2) is 8.28. The molecule has 0 atom stereocenters. The molecule has 0 saturated heterocycles. The van der Waals surface area contributed by atoms with Gasteiger partial charge in [-0.1, -0.05) is 30.3 Å². The molecule has 2 aromatic heterocycles. The van der Waals surface area contributed by atoms with Crippen LogP contribution in [-0.2, 0) is 13.7 Å². The lowest BCUT2D eigenvalue weighted by Gasteiger charge is -2.11. The maximum atomic E-state index is 5.87. The average Bonchev–Trinajstić information content (AvgIpc) is 3.25. The molecule has 1 N–H and O–H groups in total. The van der Waals surface area contributed by atoms with Crippen molar-refractivity contribution in [3.8, 4) is 17.1 Å². The van der Waals surface area contributed by atoms with Crippen molar-refractivity contribution >= 4 is 22.4 Å². The molecular weight excluding hydrogens is 386 g/mol. The summed E-state index contributed by atoms with van der Waals surface area (Å²) in [5.41, 5.74) is 3.95. The third-order valence-electron chi connectivity index (χ3n) is 5.08. The third kappa shape index (κ3) is 4.09. The van der Waals surface area contributed by atoms with Gasteiger partial charge in [0.25, 0.3) is 0 Å². The lowest BCUT2D eigenvalue weighted by atomic mass is 10.1. The summed E-state index contributed by atoms with van der Waals surface area (Å²) in [6.45, 7) is 0.542. The minimum absolute atomic E-state index is 0.542. The second-order valence-corrected chi connectivity index (χ2v) is 7.24. The number of hydrogen-bond acceptors (Lipinski definition) is 5. The van der Waals surface area contributed by atoms with Gasteiger partial charge in [-0.15, -0.1) is 0 Å². The molecule has 0 aliphatic carbocycles. The van der Waals surface area contributed by atoms with Gasteiger partial charge in [0, 0.05) is 36.1 Å². The Kier molecular flexibility index (Phi) is 5.02. The zero-order valence-electron chi connectivity index (χ0n) is 17.1. The van der Waals surface area contributed by atoms with Crippen molar-refractivity contribution in [3.05, 3.63) is 97.1 Å². The number of ether oxygens (including phenoxy) is 1. The summed E-state index contributed by atoms with van der Waals surface area (Å²) >= 11 is 0. The summed E-state index contributed by atoms with van der Waals surface area (Å²) in [7, 11) is 1.98. The summed E-state index contributed by atoms with van der Waals surface area (Å²) in [4.78, 5) is 13.3. The number of aromatic nitrogens is 4. The van der Waals surface area contributed by atoms with Crippen LogP contribution in [0.25, 0.3) is 22.3 Å². The number of benzene rings is 3. The molecule has 0 fully saturated rings. The normalized spacial score (nSPS) is 10.9. The first-order chi connectivity index (χ1) is 15.3. The average molecular weight is 407 g/mol. The SMILES string of the molecule is Cn1ccnc1-c1ccc2ncnc(Nc3ccc(OCc4ccccc4)cc3)c2c1. The zero-order valence-corrected chi connectivity index (χ0v) is 17.1. The second-order valence-electron chi connectivity index (χ2n) is 7.24. The minimum Gasteiger partial charge on any atom is -0.489 e. The van der Waals surface area contributed by atoms with Gasteiger partial charge in [0.1, 0.15) is 30.3 Å². The fourth-order valence-corrected chi connectivity index (χ4v) is 3.45. The van der Waals surface area contributed by atoms with E-state index in [2.05, 4.69) is 38.5 Å². The number of nitrogens with one attached hydrogen (secondary N) is 1.